The number of rotatable bonds is 10. The number of ether oxygens (including phenoxy) is 1. The highest BCUT2D eigenvalue weighted by Crippen LogP contribution is 2.26. The number of aryl methyl sites for hydroxylation is 2. The Morgan fingerprint density at radius 3 is 2.22 bits per heavy atom. The zero-order chi connectivity index (χ0) is 23.8. The number of hydrogen-bond donors (Lipinski definition) is 1. The molecule has 0 bridgehead atoms. The summed E-state index contributed by atoms with van der Waals surface area (Å²) in [6.07, 6.45) is 1.24. The molecule has 1 N–H and O–H groups in total. The summed E-state index contributed by atoms with van der Waals surface area (Å²) in [7, 11) is 0. The van der Waals surface area contributed by atoms with Gasteiger partial charge in [-0.25, -0.2) is 4.39 Å². The third kappa shape index (κ3) is 7.05. The number of amides is 2. The van der Waals surface area contributed by atoms with Gasteiger partial charge in [0, 0.05) is 17.1 Å². The Morgan fingerprint density at radius 2 is 1.69 bits per heavy atom. The van der Waals surface area contributed by atoms with Crippen molar-refractivity contribution in [3.05, 3.63) is 63.4 Å². The van der Waals surface area contributed by atoms with Gasteiger partial charge >= 0.3 is 0 Å². The van der Waals surface area contributed by atoms with Crippen LogP contribution in [0.4, 0.5) is 4.39 Å². The van der Waals surface area contributed by atoms with Gasteiger partial charge in [-0.2, -0.15) is 0 Å². The molecule has 0 aliphatic heterocycles. The smallest absolute Gasteiger partial charge is 0.261 e. The van der Waals surface area contributed by atoms with Gasteiger partial charge in [0.1, 0.15) is 17.6 Å². The van der Waals surface area contributed by atoms with E-state index in [2.05, 4.69) is 21.2 Å². The van der Waals surface area contributed by atoms with Gasteiger partial charge < -0.3 is 15.0 Å². The maximum absolute atomic E-state index is 13.4. The predicted molar refractivity (Wildman–Crippen MR) is 128 cm³/mol. The molecular formula is C25H32BrFN2O3. The Bertz CT molecular complexity index is 910. The molecule has 2 amide bonds. The van der Waals surface area contributed by atoms with Crippen LogP contribution in [0.2, 0.25) is 0 Å². The minimum absolute atomic E-state index is 0.00397. The minimum Gasteiger partial charge on any atom is -0.484 e. The van der Waals surface area contributed by atoms with Gasteiger partial charge in [0.25, 0.3) is 5.91 Å². The Morgan fingerprint density at radius 1 is 1.09 bits per heavy atom. The second-order valence-corrected chi connectivity index (χ2v) is 8.84. The number of benzene rings is 2. The minimum atomic E-state index is -0.654. The Labute approximate surface area is 198 Å². The lowest BCUT2D eigenvalue weighted by Crippen LogP contribution is -2.51. The molecule has 0 saturated heterocycles. The first-order valence-electron chi connectivity index (χ1n) is 10.9. The van der Waals surface area contributed by atoms with E-state index in [1.54, 1.807) is 12.1 Å². The van der Waals surface area contributed by atoms with Crippen molar-refractivity contribution >= 4 is 27.7 Å². The van der Waals surface area contributed by atoms with Crippen LogP contribution < -0.4 is 10.1 Å². The number of nitrogens with zero attached hydrogens (tertiary/aromatic N) is 1. The molecule has 0 heterocycles. The molecule has 2 aromatic rings. The number of hydrogen-bond acceptors (Lipinski definition) is 3. The van der Waals surface area contributed by atoms with E-state index in [1.807, 2.05) is 46.8 Å². The number of nitrogens with one attached hydrogen (secondary N) is 1. The third-order valence-electron chi connectivity index (χ3n) is 5.43. The SMILES string of the molecule is CC[C@H](C(=O)N[C@@H](C)CC)N(Cc1ccc(F)cc1)C(=O)COc1cc(C)c(Br)c(C)c1. The summed E-state index contributed by atoms with van der Waals surface area (Å²) in [4.78, 5) is 27.7. The average Bonchev–Trinajstić information content (AvgIpc) is 2.76. The largest absolute Gasteiger partial charge is 0.484 e. The Kier molecular flexibility index (Phi) is 9.69. The van der Waals surface area contributed by atoms with E-state index in [4.69, 9.17) is 4.74 Å². The molecule has 2 atom stereocenters. The van der Waals surface area contributed by atoms with E-state index < -0.39 is 6.04 Å². The molecule has 0 radical (unpaired) electrons. The van der Waals surface area contributed by atoms with Gasteiger partial charge in [-0.05, 0) is 74.6 Å². The zero-order valence-corrected chi connectivity index (χ0v) is 21.0. The summed E-state index contributed by atoms with van der Waals surface area (Å²) in [5.41, 5.74) is 2.76. The molecule has 0 fully saturated rings. The fourth-order valence-corrected chi connectivity index (χ4v) is 3.59. The standard InChI is InChI=1S/C25H32BrFN2O3/c1-6-18(5)28-25(31)22(7-2)29(14-19-8-10-20(27)11-9-19)23(30)15-32-21-12-16(3)24(26)17(4)13-21/h8-13,18,22H,6-7,14-15H2,1-5H3,(H,28,31)/t18-,22+/m0/s1. The van der Waals surface area contributed by atoms with Crippen molar-refractivity contribution in [2.75, 3.05) is 6.61 Å². The monoisotopic (exact) mass is 506 g/mol. The highest BCUT2D eigenvalue weighted by Gasteiger charge is 2.29. The highest BCUT2D eigenvalue weighted by atomic mass is 79.9. The highest BCUT2D eigenvalue weighted by molar-refractivity contribution is 9.10. The number of carbonyl (C=O) groups is 2. The molecule has 2 rings (SSSR count). The molecule has 174 valence electrons. The third-order valence-corrected chi connectivity index (χ3v) is 6.68. The van der Waals surface area contributed by atoms with Crippen LogP contribution in [0.15, 0.2) is 40.9 Å². The van der Waals surface area contributed by atoms with Gasteiger partial charge in [0.2, 0.25) is 5.91 Å². The van der Waals surface area contributed by atoms with Crippen LogP contribution in [0.3, 0.4) is 0 Å². The summed E-state index contributed by atoms with van der Waals surface area (Å²) in [5.74, 6) is -0.265. The van der Waals surface area contributed by atoms with Crippen molar-refractivity contribution in [1.82, 2.24) is 10.2 Å². The van der Waals surface area contributed by atoms with Crippen molar-refractivity contribution in [2.45, 2.75) is 66.1 Å². The van der Waals surface area contributed by atoms with Crippen LogP contribution in [0.5, 0.6) is 5.75 Å². The number of carbonyl (C=O) groups excluding carboxylic acids is 2. The quantitative estimate of drug-likeness (QED) is 0.475. The van der Waals surface area contributed by atoms with Crippen LogP contribution >= 0.6 is 15.9 Å². The van der Waals surface area contributed by atoms with Gasteiger partial charge in [-0.15, -0.1) is 0 Å². The maximum atomic E-state index is 13.4. The van der Waals surface area contributed by atoms with Crippen LogP contribution in [0.1, 0.15) is 50.3 Å². The molecule has 7 heteroatoms. The first-order valence-corrected chi connectivity index (χ1v) is 11.7. The van der Waals surface area contributed by atoms with Crippen molar-refractivity contribution < 1.29 is 18.7 Å². The topological polar surface area (TPSA) is 58.6 Å². The lowest BCUT2D eigenvalue weighted by Gasteiger charge is -2.31. The van der Waals surface area contributed by atoms with Gasteiger partial charge in [0.15, 0.2) is 6.61 Å². The van der Waals surface area contributed by atoms with E-state index in [0.29, 0.717) is 12.2 Å². The van der Waals surface area contributed by atoms with Gasteiger partial charge in [-0.3, -0.25) is 9.59 Å². The maximum Gasteiger partial charge on any atom is 0.261 e. The molecule has 0 aliphatic rings. The molecule has 0 saturated carbocycles. The molecule has 0 aliphatic carbocycles. The Balaban J connectivity index is 2.24. The van der Waals surface area contributed by atoms with Crippen LogP contribution in [0.25, 0.3) is 0 Å². The van der Waals surface area contributed by atoms with E-state index >= 15 is 0 Å². The first-order chi connectivity index (χ1) is 15.2. The molecule has 0 unspecified atom stereocenters. The van der Waals surface area contributed by atoms with Gasteiger partial charge in [-0.1, -0.05) is 41.9 Å². The van der Waals surface area contributed by atoms with Crippen molar-refractivity contribution in [3.8, 4) is 5.75 Å². The summed E-state index contributed by atoms with van der Waals surface area (Å²) >= 11 is 3.53. The lowest BCUT2D eigenvalue weighted by molar-refractivity contribution is -0.143. The molecular weight excluding hydrogens is 475 g/mol. The van der Waals surface area contributed by atoms with Crippen LogP contribution in [0, 0.1) is 19.7 Å². The van der Waals surface area contributed by atoms with E-state index in [-0.39, 0.29) is 36.8 Å². The molecule has 0 aromatic heterocycles. The van der Waals surface area contributed by atoms with Crippen LogP contribution in [-0.2, 0) is 16.1 Å². The molecule has 5 nitrogen and oxygen atoms in total. The summed E-state index contributed by atoms with van der Waals surface area (Å²) in [6.45, 7) is 9.69. The van der Waals surface area contributed by atoms with E-state index in [9.17, 15) is 14.0 Å². The Hall–Kier alpha value is -2.41. The molecule has 2 aromatic carbocycles. The zero-order valence-electron chi connectivity index (χ0n) is 19.4. The fourth-order valence-electron chi connectivity index (χ4n) is 3.36. The van der Waals surface area contributed by atoms with Crippen molar-refractivity contribution in [3.63, 3.8) is 0 Å². The summed E-state index contributed by atoms with van der Waals surface area (Å²) in [5, 5.41) is 2.97. The summed E-state index contributed by atoms with van der Waals surface area (Å²) < 4.78 is 20.1. The van der Waals surface area contributed by atoms with E-state index in [1.165, 1.54) is 17.0 Å². The molecule has 32 heavy (non-hydrogen) atoms. The lowest BCUT2D eigenvalue weighted by atomic mass is 10.1. The molecule has 0 spiro atoms. The normalized spacial score (nSPS) is 12.7. The second-order valence-electron chi connectivity index (χ2n) is 8.05. The van der Waals surface area contributed by atoms with Crippen molar-refractivity contribution in [1.29, 1.82) is 0 Å². The van der Waals surface area contributed by atoms with E-state index in [0.717, 1.165) is 27.6 Å². The summed E-state index contributed by atoms with van der Waals surface area (Å²) in [6, 6.07) is 9.02. The predicted octanol–water partition coefficient (Wildman–Crippen LogP) is 5.31. The van der Waals surface area contributed by atoms with Crippen molar-refractivity contribution in [2.24, 2.45) is 0 Å². The number of halogens is 2. The second kappa shape index (κ2) is 12.0. The van der Waals surface area contributed by atoms with Crippen LogP contribution in [-0.4, -0.2) is 35.4 Å². The average molecular weight is 507 g/mol. The first kappa shape index (κ1) is 25.8. The fraction of sp³-hybridized carbons (Fsp3) is 0.440. The van der Waals surface area contributed by atoms with Gasteiger partial charge in [0.05, 0.1) is 0 Å².